The van der Waals surface area contributed by atoms with Crippen molar-refractivity contribution in [1.29, 1.82) is 0 Å². The Kier molecular flexibility index (Phi) is 9.40. The van der Waals surface area contributed by atoms with Gasteiger partial charge in [-0.25, -0.2) is 4.79 Å². The zero-order valence-electron chi connectivity index (χ0n) is 21.4. The molecule has 2 unspecified atom stereocenters. The van der Waals surface area contributed by atoms with E-state index in [-0.39, 0.29) is 24.3 Å². The minimum Gasteiger partial charge on any atom is -0.469 e. The highest BCUT2D eigenvalue weighted by atomic mass is 16.6. The van der Waals surface area contributed by atoms with Gasteiger partial charge < -0.3 is 19.3 Å². The molecule has 2 atom stereocenters. The summed E-state index contributed by atoms with van der Waals surface area (Å²) in [6.07, 6.45) is 4.78. The van der Waals surface area contributed by atoms with E-state index in [2.05, 4.69) is 52.0 Å². The van der Waals surface area contributed by atoms with Gasteiger partial charge in [-0.3, -0.25) is 14.6 Å². The molecule has 0 aliphatic carbocycles. The van der Waals surface area contributed by atoms with Crippen LogP contribution in [0.4, 0.5) is 4.79 Å². The first-order valence-electron chi connectivity index (χ1n) is 13.3. The van der Waals surface area contributed by atoms with Crippen LogP contribution in [0, 0.1) is 5.92 Å². The number of hydrogen-bond donors (Lipinski definition) is 0. The predicted octanol–water partition coefficient (Wildman–Crippen LogP) is 3.03. The van der Waals surface area contributed by atoms with E-state index >= 15 is 0 Å². The highest BCUT2D eigenvalue weighted by molar-refractivity contribution is 5.70. The van der Waals surface area contributed by atoms with Crippen molar-refractivity contribution in [2.75, 3.05) is 59.5 Å². The van der Waals surface area contributed by atoms with Crippen LogP contribution in [0.2, 0.25) is 0 Å². The maximum absolute atomic E-state index is 12.6. The molecular formula is C27H42N4O4. The van der Waals surface area contributed by atoms with Crippen molar-refractivity contribution in [2.24, 2.45) is 5.92 Å². The first kappa shape index (κ1) is 25.9. The van der Waals surface area contributed by atoms with Crippen LogP contribution in [-0.2, 0) is 20.8 Å². The number of methoxy groups -OCH3 is 1. The molecule has 35 heavy (non-hydrogen) atoms. The molecule has 3 heterocycles. The summed E-state index contributed by atoms with van der Waals surface area (Å²) >= 11 is 0. The van der Waals surface area contributed by atoms with E-state index < -0.39 is 0 Å². The number of cyclic esters (lactones) is 1. The second-order valence-corrected chi connectivity index (χ2v) is 10.3. The standard InChI is InChI=1S/C27H42N4O4/c1-22-26(30-19-17-28(18-20-30)16-12-25(32)34-2)35-27(33)31(22)13-6-9-23-10-14-29(15-11-23)21-24-7-4-3-5-8-24/h3-5,7-8,22-23,26H,6,9-21H2,1-2H3. The fourth-order valence-electron chi connectivity index (χ4n) is 5.68. The molecule has 0 aromatic heterocycles. The smallest absolute Gasteiger partial charge is 0.411 e. The average Bonchev–Trinajstić information content (AvgIpc) is 3.17. The first-order chi connectivity index (χ1) is 17.0. The Labute approximate surface area is 210 Å². The lowest BCUT2D eigenvalue weighted by atomic mass is 9.92. The number of carbonyl (C=O) groups is 2. The van der Waals surface area contributed by atoms with Crippen molar-refractivity contribution in [3.63, 3.8) is 0 Å². The van der Waals surface area contributed by atoms with Crippen LogP contribution in [0.15, 0.2) is 30.3 Å². The van der Waals surface area contributed by atoms with Crippen LogP contribution in [0.5, 0.6) is 0 Å². The number of esters is 1. The van der Waals surface area contributed by atoms with Crippen LogP contribution in [-0.4, -0.2) is 103 Å². The molecule has 1 aromatic rings. The zero-order chi connectivity index (χ0) is 24.6. The molecule has 0 N–H and O–H groups in total. The van der Waals surface area contributed by atoms with Crippen molar-refractivity contribution in [2.45, 2.75) is 57.8 Å². The maximum atomic E-state index is 12.6. The summed E-state index contributed by atoms with van der Waals surface area (Å²) in [7, 11) is 1.43. The van der Waals surface area contributed by atoms with Crippen molar-refractivity contribution in [3.05, 3.63) is 35.9 Å². The van der Waals surface area contributed by atoms with E-state index in [0.29, 0.717) is 6.42 Å². The van der Waals surface area contributed by atoms with Gasteiger partial charge in [-0.2, -0.15) is 0 Å². The van der Waals surface area contributed by atoms with E-state index in [4.69, 9.17) is 9.47 Å². The minimum absolute atomic E-state index is 0.0665. The fraction of sp³-hybridized carbons (Fsp3) is 0.704. The highest BCUT2D eigenvalue weighted by Gasteiger charge is 2.42. The Hall–Kier alpha value is -2.16. The minimum atomic E-state index is -0.175. The van der Waals surface area contributed by atoms with Crippen LogP contribution < -0.4 is 0 Å². The summed E-state index contributed by atoms with van der Waals surface area (Å²) < 4.78 is 10.5. The summed E-state index contributed by atoms with van der Waals surface area (Å²) in [5, 5.41) is 0. The number of amides is 1. The molecule has 0 spiro atoms. The van der Waals surface area contributed by atoms with E-state index in [0.717, 1.165) is 71.2 Å². The predicted molar refractivity (Wildman–Crippen MR) is 135 cm³/mol. The van der Waals surface area contributed by atoms with Gasteiger partial charge in [-0.1, -0.05) is 30.3 Å². The zero-order valence-corrected chi connectivity index (χ0v) is 21.4. The summed E-state index contributed by atoms with van der Waals surface area (Å²) in [5.74, 6) is 0.587. The van der Waals surface area contributed by atoms with E-state index in [1.165, 1.54) is 31.9 Å². The summed E-state index contributed by atoms with van der Waals surface area (Å²) in [6, 6.07) is 10.8. The Bertz CT molecular complexity index is 807. The molecule has 0 radical (unpaired) electrons. The van der Waals surface area contributed by atoms with Crippen LogP contribution in [0.25, 0.3) is 0 Å². The third-order valence-electron chi connectivity index (χ3n) is 7.95. The highest BCUT2D eigenvalue weighted by Crippen LogP contribution is 2.27. The van der Waals surface area contributed by atoms with Crippen LogP contribution in [0.1, 0.15) is 44.6 Å². The quantitative estimate of drug-likeness (QED) is 0.471. The van der Waals surface area contributed by atoms with Gasteiger partial charge in [0.2, 0.25) is 0 Å². The molecule has 0 saturated carbocycles. The van der Waals surface area contributed by atoms with Gasteiger partial charge in [0.25, 0.3) is 0 Å². The number of carbonyl (C=O) groups excluding carboxylic acids is 2. The van der Waals surface area contributed by atoms with Crippen LogP contribution >= 0.6 is 0 Å². The Morgan fingerprint density at radius 3 is 2.40 bits per heavy atom. The topological polar surface area (TPSA) is 65.6 Å². The first-order valence-corrected chi connectivity index (χ1v) is 13.3. The van der Waals surface area contributed by atoms with Crippen LogP contribution in [0.3, 0.4) is 0 Å². The maximum Gasteiger partial charge on any atom is 0.411 e. The van der Waals surface area contributed by atoms with Crippen molar-refractivity contribution in [1.82, 2.24) is 19.6 Å². The molecule has 8 nitrogen and oxygen atoms in total. The van der Waals surface area contributed by atoms with Gasteiger partial charge in [-0.05, 0) is 57.2 Å². The second kappa shape index (κ2) is 12.7. The number of piperazine rings is 1. The van der Waals surface area contributed by atoms with E-state index in [1.807, 2.05) is 4.90 Å². The molecule has 1 amide bonds. The summed E-state index contributed by atoms with van der Waals surface area (Å²) in [4.78, 5) is 33.1. The molecule has 3 aliphatic rings. The lowest BCUT2D eigenvalue weighted by molar-refractivity contribution is -0.141. The second-order valence-electron chi connectivity index (χ2n) is 10.3. The van der Waals surface area contributed by atoms with Crippen molar-refractivity contribution in [3.8, 4) is 0 Å². The molecule has 1 aromatic carbocycles. The molecule has 3 aliphatic heterocycles. The molecule has 4 rings (SSSR count). The Balaban J connectivity index is 1.13. The SMILES string of the molecule is COC(=O)CCN1CCN(C2OC(=O)N(CCCC3CCN(Cc4ccccc4)CC3)C2C)CC1. The van der Waals surface area contributed by atoms with Crippen molar-refractivity contribution < 1.29 is 19.1 Å². The molecule has 3 fully saturated rings. The van der Waals surface area contributed by atoms with Gasteiger partial charge >= 0.3 is 12.1 Å². The number of ether oxygens (including phenoxy) is 2. The lowest BCUT2D eigenvalue weighted by Gasteiger charge is -2.38. The number of rotatable bonds is 10. The third-order valence-corrected chi connectivity index (χ3v) is 7.95. The fourth-order valence-corrected chi connectivity index (χ4v) is 5.68. The number of hydrogen-bond acceptors (Lipinski definition) is 7. The van der Waals surface area contributed by atoms with E-state index in [9.17, 15) is 9.59 Å². The van der Waals surface area contributed by atoms with Gasteiger partial charge in [0, 0.05) is 45.8 Å². The molecular weight excluding hydrogens is 444 g/mol. The number of nitrogens with zero attached hydrogens (tertiary/aromatic N) is 4. The van der Waals surface area contributed by atoms with Gasteiger partial charge in [0.1, 0.15) is 0 Å². The summed E-state index contributed by atoms with van der Waals surface area (Å²) in [5.41, 5.74) is 1.39. The normalized spacial score (nSPS) is 25.1. The lowest BCUT2D eigenvalue weighted by Crippen LogP contribution is -2.53. The monoisotopic (exact) mass is 486 g/mol. The molecule has 3 saturated heterocycles. The van der Waals surface area contributed by atoms with Gasteiger partial charge in [-0.15, -0.1) is 0 Å². The average molecular weight is 487 g/mol. The number of benzene rings is 1. The van der Waals surface area contributed by atoms with Crippen molar-refractivity contribution >= 4 is 12.1 Å². The van der Waals surface area contributed by atoms with Gasteiger partial charge in [0.15, 0.2) is 6.23 Å². The molecule has 8 heteroatoms. The van der Waals surface area contributed by atoms with E-state index in [1.54, 1.807) is 0 Å². The largest absolute Gasteiger partial charge is 0.469 e. The number of piperidine rings is 1. The third kappa shape index (κ3) is 7.18. The Morgan fingerprint density at radius 1 is 1.00 bits per heavy atom. The Morgan fingerprint density at radius 2 is 1.71 bits per heavy atom. The summed E-state index contributed by atoms with van der Waals surface area (Å²) in [6.45, 7) is 10.4. The molecule has 0 bridgehead atoms. The van der Waals surface area contributed by atoms with Gasteiger partial charge in [0.05, 0.1) is 19.6 Å². The molecule has 194 valence electrons. The number of likely N-dealkylation sites (tertiary alicyclic amines) is 1.